The van der Waals surface area contributed by atoms with Crippen LogP contribution in [0.15, 0.2) is 118 Å². The zero-order chi connectivity index (χ0) is 104. The SMILES string of the molecule is CCn1cc(CNC(=O)c2cccc(COC(=O)C(C)(C)CC(N=[N+]=[N-])C(=O)OCn3cc(CNC(=O)c4cccc(COC(=O)C(C)(C)CC(N=[N+]=[N-])C(=O)OCn5cc(CNC(=O)c6cccc(COC(=O)C(C)(C)CC(N=[N+]=[N-])C(=O)OCn7cc(CNC(=O)c8cccc(COC(=O)C(C)(C)CC(N=[N+]=[N-])C(=O)OC(C)(C)C)c8[N+](=O)[O-])nn7)c6[N+](=O)[O-])nn5)c4[N+](=O)[O-])nn3)c2[N+](=O)[O-])nn1. The number of benzene rings is 4. The Balaban J connectivity index is 0.764. The highest BCUT2D eigenvalue weighted by molar-refractivity contribution is 6.01. The number of nitrogens with zero attached hydrogens (tertiary/aromatic N) is 28. The van der Waals surface area contributed by atoms with E-state index in [0.717, 1.165) is 32.2 Å². The van der Waals surface area contributed by atoms with E-state index in [0.29, 0.717) is 12.2 Å². The van der Waals surface area contributed by atoms with Crippen LogP contribution >= 0.6 is 0 Å². The molecule has 4 N–H and O–H groups in total. The van der Waals surface area contributed by atoms with Gasteiger partial charge in [-0.25, -0.2) is 14.0 Å². The zero-order valence-corrected chi connectivity index (χ0v) is 77.3. The van der Waals surface area contributed by atoms with E-state index in [4.69, 9.17) is 43.4 Å². The van der Waals surface area contributed by atoms with Crippen molar-refractivity contribution < 1.29 is 115 Å². The lowest BCUT2D eigenvalue weighted by atomic mass is 9.86. The lowest BCUT2D eigenvalue weighted by Crippen LogP contribution is -2.37. The number of hydrogen-bond acceptors (Lipinski definition) is 40. The zero-order valence-electron chi connectivity index (χ0n) is 77.3. The number of ether oxygens (including phenoxy) is 8. The van der Waals surface area contributed by atoms with Gasteiger partial charge in [0, 0.05) is 26.2 Å². The molecule has 4 atom stereocenters. The average molecular weight is 1960 g/mol. The number of nitro groups is 4. The molecule has 60 heteroatoms. The van der Waals surface area contributed by atoms with Crippen molar-refractivity contribution in [2.24, 2.45) is 42.1 Å². The number of nitrogens with one attached hydrogen (secondary N) is 4. The smallest absolute Gasteiger partial charge is 0.316 e. The molecule has 0 saturated heterocycles. The number of azide groups is 4. The Morgan fingerprint density at radius 3 is 0.780 bits per heavy atom. The summed E-state index contributed by atoms with van der Waals surface area (Å²) in [5, 5.41) is 104. The summed E-state index contributed by atoms with van der Waals surface area (Å²) in [7, 11) is 0. The molecule has 0 fully saturated rings. The third-order valence-electron chi connectivity index (χ3n) is 20.3. The number of carbonyl (C=O) groups excluding carboxylic acids is 12. The lowest BCUT2D eigenvalue weighted by Gasteiger charge is -2.27. The molecular weight excluding hydrogens is 1870 g/mol. The van der Waals surface area contributed by atoms with Gasteiger partial charge in [0.2, 0.25) is 0 Å². The van der Waals surface area contributed by atoms with Crippen LogP contribution in [0.1, 0.15) is 195 Å². The summed E-state index contributed by atoms with van der Waals surface area (Å²) < 4.78 is 47.3. The Labute approximate surface area is 794 Å². The second-order valence-electron chi connectivity index (χ2n) is 34.2. The van der Waals surface area contributed by atoms with Crippen LogP contribution < -0.4 is 21.3 Å². The van der Waals surface area contributed by atoms with Crippen molar-refractivity contribution in [2.45, 2.75) is 218 Å². The molecule has 0 aliphatic rings. The van der Waals surface area contributed by atoms with Crippen molar-refractivity contribution in [3.63, 3.8) is 0 Å². The van der Waals surface area contributed by atoms with E-state index in [1.807, 2.05) is 6.92 Å². The molecule has 8 aromatic rings. The molecule has 4 amide bonds. The van der Waals surface area contributed by atoms with Crippen LogP contribution in [0.2, 0.25) is 0 Å². The maximum Gasteiger partial charge on any atom is 0.316 e. The van der Waals surface area contributed by atoms with E-state index in [1.165, 1.54) is 133 Å². The molecule has 0 radical (unpaired) electrons. The highest BCUT2D eigenvalue weighted by atomic mass is 16.6. The third kappa shape index (κ3) is 30.5. The molecule has 4 aromatic heterocycles. The largest absolute Gasteiger partial charge is 0.460 e. The molecule has 4 heterocycles. The van der Waals surface area contributed by atoms with Gasteiger partial charge in [0.25, 0.3) is 46.4 Å². The van der Waals surface area contributed by atoms with Gasteiger partial charge >= 0.3 is 47.8 Å². The van der Waals surface area contributed by atoms with Gasteiger partial charge in [0.1, 0.15) is 101 Å². The van der Waals surface area contributed by atoms with Crippen molar-refractivity contribution in [1.29, 1.82) is 0 Å². The molecule has 744 valence electrons. The molecule has 4 unspecified atom stereocenters. The lowest BCUT2D eigenvalue weighted by molar-refractivity contribution is -0.386. The Morgan fingerprint density at radius 1 is 0.355 bits per heavy atom. The van der Waals surface area contributed by atoms with Crippen LogP contribution in [0, 0.1) is 62.1 Å². The van der Waals surface area contributed by atoms with E-state index in [9.17, 15) is 115 Å². The summed E-state index contributed by atoms with van der Waals surface area (Å²) in [6.45, 7) is 11.3. The van der Waals surface area contributed by atoms with Crippen LogP contribution in [0.3, 0.4) is 0 Å². The molecule has 141 heavy (non-hydrogen) atoms. The maximum absolute atomic E-state index is 13.7. The van der Waals surface area contributed by atoms with Crippen molar-refractivity contribution in [1.82, 2.24) is 81.2 Å². The van der Waals surface area contributed by atoms with E-state index in [2.05, 4.69) is 103 Å². The van der Waals surface area contributed by atoms with Crippen LogP contribution in [0.25, 0.3) is 41.8 Å². The molecule has 0 aliphatic heterocycles. The quantitative estimate of drug-likeness (QED) is 0.00525. The predicted molar refractivity (Wildman–Crippen MR) is 471 cm³/mol. The fourth-order valence-corrected chi connectivity index (χ4v) is 13.1. The van der Waals surface area contributed by atoms with E-state index < -0.39 is 267 Å². The predicted octanol–water partition coefficient (Wildman–Crippen LogP) is 8.92. The van der Waals surface area contributed by atoms with Crippen molar-refractivity contribution in [2.75, 3.05) is 0 Å². The van der Waals surface area contributed by atoms with Crippen LogP contribution in [-0.2, 0) is 156 Å². The molecule has 0 aliphatic carbocycles. The van der Waals surface area contributed by atoms with Gasteiger partial charge in [-0.3, -0.25) is 103 Å². The van der Waals surface area contributed by atoms with Gasteiger partial charge in [-0.15, -0.1) is 20.4 Å². The Kier molecular flexibility index (Phi) is 37.2. The Morgan fingerprint density at radius 2 is 0.574 bits per heavy atom. The van der Waals surface area contributed by atoms with Crippen molar-refractivity contribution in [3.05, 3.63) is 247 Å². The summed E-state index contributed by atoms with van der Waals surface area (Å²) in [5.74, 6) is -12.3. The van der Waals surface area contributed by atoms with Crippen molar-refractivity contribution in [3.8, 4) is 0 Å². The molecule has 4 aromatic carbocycles. The first kappa shape index (κ1) is 108. The summed E-state index contributed by atoms with van der Waals surface area (Å²) >= 11 is 0. The summed E-state index contributed by atoms with van der Waals surface area (Å²) in [6, 6.07) is 8.05. The first-order chi connectivity index (χ1) is 66.5. The third-order valence-corrected chi connectivity index (χ3v) is 20.3. The fraction of sp³-hybridized carbons (Fsp3) is 0.457. The van der Waals surface area contributed by atoms with Crippen LogP contribution in [-0.4, -0.2) is 181 Å². The van der Waals surface area contributed by atoms with Crippen LogP contribution in [0.5, 0.6) is 0 Å². The van der Waals surface area contributed by atoms with Gasteiger partial charge in [0.05, 0.1) is 115 Å². The van der Waals surface area contributed by atoms with Gasteiger partial charge in [0.15, 0.2) is 20.2 Å². The summed E-state index contributed by atoms with van der Waals surface area (Å²) in [4.78, 5) is 218. The molecule has 0 bridgehead atoms. The number of rotatable bonds is 51. The van der Waals surface area contributed by atoms with Crippen LogP contribution in [0.4, 0.5) is 22.7 Å². The molecular formula is C81H92N32O28. The van der Waals surface area contributed by atoms with E-state index >= 15 is 0 Å². The van der Waals surface area contributed by atoms with Gasteiger partial charge in [-0.2, -0.15) is 0 Å². The second kappa shape index (κ2) is 48.4. The topological polar surface area (TPSA) is 817 Å². The highest BCUT2D eigenvalue weighted by Crippen LogP contribution is 2.36. The molecule has 0 spiro atoms. The summed E-state index contributed by atoms with van der Waals surface area (Å²) in [5.41, 5.74) is 24.6. The molecule has 60 nitrogen and oxygen atoms in total. The number of esters is 8. The van der Waals surface area contributed by atoms with Gasteiger partial charge in [-0.1, -0.05) is 65.6 Å². The number of amides is 4. The Bertz CT molecular complexity index is 6290. The highest BCUT2D eigenvalue weighted by Gasteiger charge is 2.43. The standard InChI is InChI=1S/C81H92N32O28/c1-13-106-34-49(90-102-106)30-86-65(114)53-22-14-18-45(61(53)110(126)127)38-134-73(122)78(5,6)26-57(94-98-82)69(118)138-42-107-35-50(91-103-107)31-87-66(115)54-23-15-19-46(62(54)111(128)129)39-135-74(123)79(7,8)27-58(95-99-83)70(119)139-43-108-36-51(92-104-108)32-88-67(116)55-24-16-20-47(63(55)112(130)131)40-136-75(124)80(9,10)28-59(96-100-84)71(120)140-44-109-37-52(93-105-109)33-89-68(117)56-25-17-21-48(64(56)113(132)133)41-137-76(125)81(11,12)29-60(97-101-85)72(121)141-77(2,3)4/h14-25,34-37,57-60H,13,26-33,38-44H2,1-12H3,(H,86,114)(H,87,115)(H,88,116)(H,89,117). The number of hydrogen-bond donors (Lipinski definition) is 4. The number of nitro benzene ring substituents is 4. The van der Waals surface area contributed by atoms with E-state index in [-0.39, 0.29) is 57.9 Å². The number of aromatic nitrogens is 12. The second-order valence-corrected chi connectivity index (χ2v) is 34.2. The first-order valence-electron chi connectivity index (χ1n) is 41.9. The first-order valence-corrected chi connectivity index (χ1v) is 41.9. The molecule has 0 saturated carbocycles. The number of aryl methyl sites for hydroxylation is 1. The molecule has 8 rings (SSSR count). The minimum absolute atomic E-state index is 0.00380. The average Bonchev–Trinajstić information content (AvgIpc) is 1.05. The number of para-hydroxylation sites is 4. The van der Waals surface area contributed by atoms with Gasteiger partial charge in [-0.05, 0) is 179 Å². The van der Waals surface area contributed by atoms with Gasteiger partial charge < -0.3 is 59.2 Å². The minimum atomic E-state index is -1.73. The maximum atomic E-state index is 13.7. The monoisotopic (exact) mass is 1960 g/mol. The van der Waals surface area contributed by atoms with E-state index in [1.54, 1.807) is 27.0 Å². The number of carbonyl (C=O) groups is 12. The van der Waals surface area contributed by atoms with Crippen molar-refractivity contribution >= 4 is 94.1 Å². The minimum Gasteiger partial charge on any atom is -0.460 e. The fourth-order valence-electron chi connectivity index (χ4n) is 13.1. The summed E-state index contributed by atoms with van der Waals surface area (Å²) in [6.07, 6.45) is 3.18. The normalized spacial score (nSPS) is 12.2. The Hall–Kier alpha value is -18.1.